The van der Waals surface area contributed by atoms with Gasteiger partial charge in [-0.25, -0.2) is 4.79 Å². The molecule has 0 saturated carbocycles. The molecule has 0 aromatic rings. The summed E-state index contributed by atoms with van der Waals surface area (Å²) in [5.74, 6) is -3.01. The zero-order valence-electron chi connectivity index (χ0n) is 7.40. The second kappa shape index (κ2) is 5.92. The monoisotopic (exact) mass is 204 g/mol. The van der Waals surface area contributed by atoms with Crippen LogP contribution in [0.1, 0.15) is 12.8 Å². The highest BCUT2D eigenvalue weighted by molar-refractivity contribution is 5.84. The van der Waals surface area contributed by atoms with Crippen molar-refractivity contribution in [1.29, 1.82) is 0 Å². The number of hydrogen-bond acceptors (Lipinski definition) is 4. The molecule has 0 spiro atoms. The molecule has 0 aliphatic carbocycles. The summed E-state index contributed by atoms with van der Waals surface area (Å²) in [6.07, 6.45) is -0.474. The minimum Gasteiger partial charge on any atom is -0.481 e. The third-order valence-corrected chi connectivity index (χ3v) is 1.47. The van der Waals surface area contributed by atoms with Gasteiger partial charge in [0.1, 0.15) is 6.04 Å². The lowest BCUT2D eigenvalue weighted by Gasteiger charge is -2.12. The minimum absolute atomic E-state index is 0.156. The molecule has 0 radical (unpaired) electrons. The van der Waals surface area contributed by atoms with Crippen molar-refractivity contribution in [2.75, 3.05) is 6.54 Å². The molecule has 80 valence electrons. The van der Waals surface area contributed by atoms with E-state index in [0.717, 1.165) is 0 Å². The second-order valence-corrected chi connectivity index (χ2v) is 2.59. The van der Waals surface area contributed by atoms with Gasteiger partial charge in [0.15, 0.2) is 0 Å². The summed E-state index contributed by atoms with van der Waals surface area (Å²) < 4.78 is 0. The molecule has 0 saturated heterocycles. The molecular formula is C7H12N2O5. The first-order valence-corrected chi connectivity index (χ1v) is 3.91. The highest BCUT2D eigenvalue weighted by Crippen LogP contribution is 1.97. The number of carboxylic acids is 2. The van der Waals surface area contributed by atoms with Crippen molar-refractivity contribution in [3.63, 3.8) is 0 Å². The van der Waals surface area contributed by atoms with E-state index in [1.807, 2.05) is 0 Å². The fourth-order valence-electron chi connectivity index (χ4n) is 0.778. The van der Waals surface area contributed by atoms with Gasteiger partial charge in [0.05, 0.1) is 6.54 Å². The van der Waals surface area contributed by atoms with Crippen molar-refractivity contribution in [3.8, 4) is 0 Å². The van der Waals surface area contributed by atoms with Gasteiger partial charge in [-0.05, 0) is 6.42 Å². The third kappa shape index (κ3) is 5.09. The lowest BCUT2D eigenvalue weighted by Crippen LogP contribution is -2.43. The first kappa shape index (κ1) is 12.4. The molecule has 0 aromatic heterocycles. The SMILES string of the molecule is NCC(=O)N[C@H](CCC(=O)O)C(=O)O. The molecule has 14 heavy (non-hydrogen) atoms. The molecule has 5 N–H and O–H groups in total. The zero-order valence-corrected chi connectivity index (χ0v) is 7.40. The Labute approximate surface area is 79.9 Å². The normalized spacial score (nSPS) is 11.8. The van der Waals surface area contributed by atoms with E-state index in [4.69, 9.17) is 15.9 Å². The molecule has 0 aliphatic heterocycles. The molecule has 0 heterocycles. The van der Waals surface area contributed by atoms with Gasteiger partial charge < -0.3 is 21.3 Å². The van der Waals surface area contributed by atoms with Crippen molar-refractivity contribution in [2.24, 2.45) is 5.73 Å². The van der Waals surface area contributed by atoms with E-state index in [9.17, 15) is 14.4 Å². The predicted octanol–water partition coefficient (Wildman–Crippen LogP) is -1.62. The Kier molecular flexibility index (Phi) is 5.23. The summed E-state index contributed by atoms with van der Waals surface area (Å²) >= 11 is 0. The highest BCUT2D eigenvalue weighted by Gasteiger charge is 2.19. The van der Waals surface area contributed by atoms with Crippen LogP contribution in [-0.2, 0) is 14.4 Å². The van der Waals surface area contributed by atoms with Crippen LogP contribution in [0.25, 0.3) is 0 Å². The number of aliphatic carboxylic acids is 2. The van der Waals surface area contributed by atoms with E-state index < -0.39 is 23.9 Å². The van der Waals surface area contributed by atoms with Crippen molar-refractivity contribution < 1.29 is 24.6 Å². The van der Waals surface area contributed by atoms with Crippen LogP contribution >= 0.6 is 0 Å². The van der Waals surface area contributed by atoms with E-state index in [-0.39, 0.29) is 19.4 Å². The first-order chi connectivity index (χ1) is 6.47. The van der Waals surface area contributed by atoms with Crippen molar-refractivity contribution in [2.45, 2.75) is 18.9 Å². The van der Waals surface area contributed by atoms with Gasteiger partial charge >= 0.3 is 11.9 Å². The first-order valence-electron chi connectivity index (χ1n) is 3.91. The van der Waals surface area contributed by atoms with E-state index in [1.165, 1.54) is 0 Å². The van der Waals surface area contributed by atoms with Crippen LogP contribution in [0.4, 0.5) is 0 Å². The molecule has 0 aromatic carbocycles. The summed E-state index contributed by atoms with van der Waals surface area (Å²) in [5, 5.41) is 19.0. The molecule has 0 aliphatic rings. The van der Waals surface area contributed by atoms with Crippen LogP contribution in [0.2, 0.25) is 0 Å². The predicted molar refractivity (Wildman–Crippen MR) is 45.5 cm³/mol. The molecule has 0 fully saturated rings. The summed E-state index contributed by atoms with van der Waals surface area (Å²) in [5.41, 5.74) is 4.96. The van der Waals surface area contributed by atoms with Crippen LogP contribution < -0.4 is 11.1 Å². The smallest absolute Gasteiger partial charge is 0.326 e. The minimum atomic E-state index is -1.27. The maximum absolute atomic E-state index is 10.7. The zero-order chi connectivity index (χ0) is 11.1. The number of rotatable bonds is 6. The summed E-state index contributed by atoms with van der Waals surface area (Å²) in [7, 11) is 0. The van der Waals surface area contributed by atoms with E-state index in [1.54, 1.807) is 0 Å². The number of carbonyl (C=O) groups is 3. The third-order valence-electron chi connectivity index (χ3n) is 1.47. The molecule has 7 heteroatoms. The molecule has 1 amide bonds. The topological polar surface area (TPSA) is 130 Å². The molecular weight excluding hydrogens is 192 g/mol. The molecule has 0 unspecified atom stereocenters. The standard InChI is InChI=1S/C7H12N2O5/c8-3-5(10)9-4(7(13)14)1-2-6(11)12/h4H,1-3,8H2,(H,9,10)(H,11,12)(H,13,14)/t4-/m1/s1. The van der Waals surface area contributed by atoms with Gasteiger partial charge in [0.25, 0.3) is 0 Å². The number of amides is 1. The highest BCUT2D eigenvalue weighted by atomic mass is 16.4. The Hall–Kier alpha value is -1.63. The quantitative estimate of drug-likeness (QED) is 0.411. The lowest BCUT2D eigenvalue weighted by atomic mass is 10.1. The molecule has 7 nitrogen and oxygen atoms in total. The Bertz CT molecular complexity index is 240. The van der Waals surface area contributed by atoms with E-state index in [0.29, 0.717) is 0 Å². The summed E-state index contributed by atoms with van der Waals surface area (Å²) in [4.78, 5) is 31.4. The van der Waals surface area contributed by atoms with E-state index in [2.05, 4.69) is 5.32 Å². The van der Waals surface area contributed by atoms with E-state index >= 15 is 0 Å². The fraction of sp³-hybridized carbons (Fsp3) is 0.571. The number of carbonyl (C=O) groups excluding carboxylic acids is 1. The summed E-state index contributed by atoms with van der Waals surface area (Å²) in [6, 6.07) is -1.19. The van der Waals surface area contributed by atoms with Crippen LogP contribution in [-0.4, -0.2) is 40.6 Å². The maximum Gasteiger partial charge on any atom is 0.326 e. The number of carboxylic acid groups (broad SMARTS) is 2. The van der Waals surface area contributed by atoms with Gasteiger partial charge in [0, 0.05) is 6.42 Å². The second-order valence-electron chi connectivity index (χ2n) is 2.59. The van der Waals surface area contributed by atoms with Crippen LogP contribution in [0.15, 0.2) is 0 Å². The average molecular weight is 204 g/mol. The summed E-state index contributed by atoms with van der Waals surface area (Å²) in [6.45, 7) is -0.323. The Morgan fingerprint density at radius 1 is 1.29 bits per heavy atom. The number of nitrogens with two attached hydrogens (primary N) is 1. The largest absolute Gasteiger partial charge is 0.481 e. The molecule has 0 bridgehead atoms. The molecule has 0 rings (SSSR count). The Morgan fingerprint density at radius 2 is 1.86 bits per heavy atom. The average Bonchev–Trinajstić information content (AvgIpc) is 2.10. The van der Waals surface area contributed by atoms with Crippen molar-refractivity contribution >= 4 is 17.8 Å². The van der Waals surface area contributed by atoms with Crippen molar-refractivity contribution in [3.05, 3.63) is 0 Å². The van der Waals surface area contributed by atoms with Gasteiger partial charge in [-0.15, -0.1) is 0 Å². The van der Waals surface area contributed by atoms with Crippen LogP contribution in [0.3, 0.4) is 0 Å². The van der Waals surface area contributed by atoms with Gasteiger partial charge in [-0.2, -0.15) is 0 Å². The number of hydrogen-bond donors (Lipinski definition) is 4. The van der Waals surface area contributed by atoms with Crippen molar-refractivity contribution in [1.82, 2.24) is 5.32 Å². The number of nitrogens with one attached hydrogen (secondary N) is 1. The molecule has 1 atom stereocenters. The van der Waals surface area contributed by atoms with Gasteiger partial charge in [-0.3, -0.25) is 9.59 Å². The fourth-order valence-corrected chi connectivity index (χ4v) is 0.778. The van der Waals surface area contributed by atoms with Gasteiger partial charge in [-0.1, -0.05) is 0 Å². The van der Waals surface area contributed by atoms with Crippen LogP contribution in [0.5, 0.6) is 0 Å². The Morgan fingerprint density at radius 3 is 2.21 bits per heavy atom. The van der Waals surface area contributed by atoms with Crippen LogP contribution in [0, 0.1) is 0 Å². The Balaban J connectivity index is 4.09. The van der Waals surface area contributed by atoms with Gasteiger partial charge in [0.2, 0.25) is 5.91 Å². The lowest BCUT2D eigenvalue weighted by molar-refractivity contribution is -0.142. The maximum atomic E-state index is 10.7.